The number of carbonyl (C=O) groups is 1. The monoisotopic (exact) mass is 284 g/mol. The van der Waals surface area contributed by atoms with Crippen molar-refractivity contribution in [1.82, 2.24) is 5.32 Å². The number of anilines is 1. The van der Waals surface area contributed by atoms with E-state index < -0.39 is 0 Å². The van der Waals surface area contributed by atoms with Gasteiger partial charge in [-0.05, 0) is 18.1 Å². The highest BCUT2D eigenvalue weighted by Gasteiger charge is 2.04. The van der Waals surface area contributed by atoms with Gasteiger partial charge >= 0.3 is 0 Å². The maximum atomic E-state index is 11.6. The molecule has 106 valence electrons. The van der Waals surface area contributed by atoms with Crippen molar-refractivity contribution in [2.75, 3.05) is 31.6 Å². The Morgan fingerprint density at radius 2 is 2.11 bits per heavy atom. The van der Waals surface area contributed by atoms with Crippen molar-refractivity contribution < 1.29 is 9.53 Å². The highest BCUT2D eigenvalue weighted by atomic mass is 35.5. The number of para-hydroxylation sites is 1. The van der Waals surface area contributed by atoms with Gasteiger partial charge < -0.3 is 15.4 Å². The van der Waals surface area contributed by atoms with Crippen LogP contribution in [0.5, 0.6) is 0 Å². The lowest BCUT2D eigenvalue weighted by Gasteiger charge is -2.09. The Morgan fingerprint density at radius 1 is 1.37 bits per heavy atom. The number of rotatable bonds is 8. The SMILES string of the molecule is CC(C)COCCNCC(=O)Nc1ccccc1Cl. The first-order chi connectivity index (χ1) is 9.09. The van der Waals surface area contributed by atoms with Crippen LogP contribution >= 0.6 is 11.6 Å². The molecule has 0 atom stereocenters. The van der Waals surface area contributed by atoms with Crippen LogP contribution in [-0.4, -0.2) is 32.2 Å². The van der Waals surface area contributed by atoms with E-state index in [0.29, 0.717) is 29.8 Å². The molecule has 0 fully saturated rings. The van der Waals surface area contributed by atoms with E-state index in [-0.39, 0.29) is 12.5 Å². The van der Waals surface area contributed by atoms with E-state index in [0.717, 1.165) is 6.61 Å². The van der Waals surface area contributed by atoms with Gasteiger partial charge in [-0.3, -0.25) is 4.79 Å². The molecule has 4 nitrogen and oxygen atoms in total. The molecule has 0 aliphatic heterocycles. The predicted octanol–water partition coefficient (Wildman–Crippen LogP) is 2.54. The van der Waals surface area contributed by atoms with Crippen LogP contribution in [0, 0.1) is 5.92 Å². The highest BCUT2D eigenvalue weighted by Crippen LogP contribution is 2.19. The van der Waals surface area contributed by atoms with Gasteiger partial charge in [0.15, 0.2) is 0 Å². The third kappa shape index (κ3) is 7.15. The molecule has 1 aromatic carbocycles. The number of hydrogen-bond donors (Lipinski definition) is 2. The molecular formula is C14H21ClN2O2. The summed E-state index contributed by atoms with van der Waals surface area (Å²) >= 11 is 5.95. The van der Waals surface area contributed by atoms with Crippen molar-refractivity contribution in [2.45, 2.75) is 13.8 Å². The van der Waals surface area contributed by atoms with E-state index in [4.69, 9.17) is 16.3 Å². The molecule has 0 spiro atoms. The standard InChI is InChI=1S/C14H21ClN2O2/c1-11(2)10-19-8-7-16-9-14(18)17-13-6-4-3-5-12(13)15/h3-6,11,16H,7-10H2,1-2H3,(H,17,18). The van der Waals surface area contributed by atoms with Crippen LogP contribution in [0.15, 0.2) is 24.3 Å². The van der Waals surface area contributed by atoms with Crippen molar-refractivity contribution in [3.8, 4) is 0 Å². The van der Waals surface area contributed by atoms with E-state index >= 15 is 0 Å². The van der Waals surface area contributed by atoms with Gasteiger partial charge in [0.1, 0.15) is 0 Å². The average Bonchev–Trinajstić information content (AvgIpc) is 2.36. The van der Waals surface area contributed by atoms with Crippen molar-refractivity contribution >= 4 is 23.2 Å². The summed E-state index contributed by atoms with van der Waals surface area (Å²) in [6.07, 6.45) is 0. The zero-order valence-electron chi connectivity index (χ0n) is 11.4. The van der Waals surface area contributed by atoms with Gasteiger partial charge in [-0.15, -0.1) is 0 Å². The molecule has 0 heterocycles. The van der Waals surface area contributed by atoms with E-state index in [1.807, 2.05) is 12.1 Å². The van der Waals surface area contributed by atoms with Gasteiger partial charge in [-0.2, -0.15) is 0 Å². The normalized spacial score (nSPS) is 10.7. The molecule has 1 rings (SSSR count). The number of ether oxygens (including phenoxy) is 1. The zero-order valence-corrected chi connectivity index (χ0v) is 12.2. The summed E-state index contributed by atoms with van der Waals surface area (Å²) in [4.78, 5) is 11.6. The number of nitrogens with one attached hydrogen (secondary N) is 2. The molecule has 0 bridgehead atoms. The minimum absolute atomic E-state index is 0.114. The summed E-state index contributed by atoms with van der Waals surface area (Å²) in [5, 5.41) is 6.30. The average molecular weight is 285 g/mol. The third-order valence-electron chi connectivity index (χ3n) is 2.31. The minimum Gasteiger partial charge on any atom is -0.380 e. The molecule has 0 aromatic heterocycles. The Balaban J connectivity index is 2.13. The summed E-state index contributed by atoms with van der Waals surface area (Å²) in [6.45, 7) is 6.46. The molecular weight excluding hydrogens is 264 g/mol. The fourth-order valence-electron chi connectivity index (χ4n) is 1.42. The van der Waals surface area contributed by atoms with Crippen LogP contribution in [0.3, 0.4) is 0 Å². The topological polar surface area (TPSA) is 50.4 Å². The van der Waals surface area contributed by atoms with Crippen LogP contribution < -0.4 is 10.6 Å². The van der Waals surface area contributed by atoms with Crippen LogP contribution in [0.1, 0.15) is 13.8 Å². The molecule has 0 unspecified atom stereocenters. The van der Waals surface area contributed by atoms with Gasteiger partial charge in [0.05, 0.1) is 23.9 Å². The molecule has 0 saturated heterocycles. The van der Waals surface area contributed by atoms with Crippen molar-refractivity contribution in [3.05, 3.63) is 29.3 Å². The number of carbonyl (C=O) groups excluding carboxylic acids is 1. The highest BCUT2D eigenvalue weighted by molar-refractivity contribution is 6.33. The van der Waals surface area contributed by atoms with Gasteiger partial charge in [0, 0.05) is 13.2 Å². The third-order valence-corrected chi connectivity index (χ3v) is 2.64. The van der Waals surface area contributed by atoms with Crippen molar-refractivity contribution in [3.63, 3.8) is 0 Å². The molecule has 0 saturated carbocycles. The van der Waals surface area contributed by atoms with E-state index in [9.17, 15) is 4.79 Å². The maximum Gasteiger partial charge on any atom is 0.238 e. The predicted molar refractivity (Wildman–Crippen MR) is 78.6 cm³/mol. The second-order valence-corrected chi connectivity index (χ2v) is 5.08. The Kier molecular flexibility index (Phi) is 7.48. The number of benzene rings is 1. The summed E-state index contributed by atoms with van der Waals surface area (Å²) in [7, 11) is 0. The first-order valence-corrected chi connectivity index (χ1v) is 6.80. The largest absolute Gasteiger partial charge is 0.380 e. The molecule has 0 aliphatic carbocycles. The summed E-state index contributed by atoms with van der Waals surface area (Å²) < 4.78 is 5.40. The van der Waals surface area contributed by atoms with Gasteiger partial charge in [0.25, 0.3) is 0 Å². The molecule has 19 heavy (non-hydrogen) atoms. The Morgan fingerprint density at radius 3 is 2.79 bits per heavy atom. The summed E-state index contributed by atoms with van der Waals surface area (Å²) in [6, 6.07) is 7.16. The quantitative estimate of drug-likeness (QED) is 0.721. The first-order valence-electron chi connectivity index (χ1n) is 6.42. The van der Waals surface area contributed by atoms with Crippen LogP contribution in [0.4, 0.5) is 5.69 Å². The van der Waals surface area contributed by atoms with Crippen LogP contribution in [0.2, 0.25) is 5.02 Å². The van der Waals surface area contributed by atoms with E-state index in [1.54, 1.807) is 12.1 Å². The van der Waals surface area contributed by atoms with Crippen LogP contribution in [0.25, 0.3) is 0 Å². The van der Waals surface area contributed by atoms with Gasteiger partial charge in [-0.25, -0.2) is 0 Å². The fraction of sp³-hybridized carbons (Fsp3) is 0.500. The first kappa shape index (κ1) is 16.0. The summed E-state index contributed by atoms with van der Waals surface area (Å²) in [5.41, 5.74) is 0.632. The Labute approximate surface area is 119 Å². The lowest BCUT2D eigenvalue weighted by Crippen LogP contribution is -2.30. The smallest absolute Gasteiger partial charge is 0.238 e. The number of hydrogen-bond acceptors (Lipinski definition) is 3. The zero-order chi connectivity index (χ0) is 14.1. The van der Waals surface area contributed by atoms with Gasteiger partial charge in [-0.1, -0.05) is 37.6 Å². The van der Waals surface area contributed by atoms with Crippen molar-refractivity contribution in [1.29, 1.82) is 0 Å². The fourth-order valence-corrected chi connectivity index (χ4v) is 1.61. The number of amides is 1. The molecule has 5 heteroatoms. The second-order valence-electron chi connectivity index (χ2n) is 4.67. The number of halogens is 1. The lowest BCUT2D eigenvalue weighted by molar-refractivity contribution is -0.115. The maximum absolute atomic E-state index is 11.6. The van der Waals surface area contributed by atoms with E-state index in [2.05, 4.69) is 24.5 Å². The molecule has 0 radical (unpaired) electrons. The molecule has 0 aliphatic rings. The Hall–Kier alpha value is -1.10. The lowest BCUT2D eigenvalue weighted by atomic mass is 10.2. The summed E-state index contributed by atoms with van der Waals surface area (Å²) in [5.74, 6) is 0.417. The van der Waals surface area contributed by atoms with Crippen molar-refractivity contribution in [2.24, 2.45) is 5.92 Å². The van der Waals surface area contributed by atoms with Crippen LogP contribution in [-0.2, 0) is 9.53 Å². The Bertz CT molecular complexity index is 397. The molecule has 2 N–H and O–H groups in total. The van der Waals surface area contributed by atoms with E-state index in [1.165, 1.54) is 0 Å². The molecule has 1 amide bonds. The second kappa shape index (κ2) is 8.91. The molecule has 1 aromatic rings. The van der Waals surface area contributed by atoms with Gasteiger partial charge in [0.2, 0.25) is 5.91 Å². The minimum atomic E-state index is -0.114.